The van der Waals surface area contributed by atoms with Gasteiger partial charge in [0.25, 0.3) is 5.91 Å². The lowest BCUT2D eigenvalue weighted by Gasteiger charge is -2.14. The number of benzene rings is 1. The first-order valence-corrected chi connectivity index (χ1v) is 9.89. The summed E-state index contributed by atoms with van der Waals surface area (Å²) >= 11 is 0. The van der Waals surface area contributed by atoms with Crippen LogP contribution < -0.4 is 10.6 Å². The van der Waals surface area contributed by atoms with Gasteiger partial charge in [-0.15, -0.1) is 0 Å². The molecule has 1 amide bonds. The lowest BCUT2D eigenvalue weighted by atomic mass is 10.1. The summed E-state index contributed by atoms with van der Waals surface area (Å²) in [5.74, 6) is -0.181. The maximum Gasteiger partial charge on any atom is 0.257 e. The van der Waals surface area contributed by atoms with Crippen LogP contribution in [0.4, 0.5) is 5.69 Å². The Bertz CT molecular complexity index is 968. The molecule has 1 unspecified atom stereocenters. The van der Waals surface area contributed by atoms with Gasteiger partial charge in [0.05, 0.1) is 24.4 Å². The standard InChI is InChI=1S/C23H27N5O2/c1-17-12-20(15-24-14-17)23(30)27-21-5-3-4-19(13-21)18(2)25-7-8-26-22-6-9-28(16-22)10-11-29/h3-9,12-15,18,25,29H,10-11,16H2,1-2H3,(H,27,30). The third kappa shape index (κ3) is 6.02. The van der Waals surface area contributed by atoms with Crippen molar-refractivity contribution in [1.82, 2.24) is 15.2 Å². The van der Waals surface area contributed by atoms with E-state index in [0.717, 1.165) is 22.5 Å². The summed E-state index contributed by atoms with van der Waals surface area (Å²) in [5, 5.41) is 15.2. The van der Waals surface area contributed by atoms with Crippen LogP contribution in [0.25, 0.3) is 0 Å². The number of nitrogens with one attached hydrogen (secondary N) is 2. The zero-order valence-corrected chi connectivity index (χ0v) is 17.2. The monoisotopic (exact) mass is 405 g/mol. The number of anilines is 1. The van der Waals surface area contributed by atoms with Crippen LogP contribution >= 0.6 is 0 Å². The van der Waals surface area contributed by atoms with Crippen LogP contribution in [0.2, 0.25) is 0 Å². The smallest absolute Gasteiger partial charge is 0.257 e. The number of hydrogen-bond donors (Lipinski definition) is 3. The molecule has 0 aliphatic carbocycles. The molecule has 30 heavy (non-hydrogen) atoms. The summed E-state index contributed by atoms with van der Waals surface area (Å²) in [7, 11) is 0. The highest BCUT2D eigenvalue weighted by Gasteiger charge is 2.10. The molecule has 7 nitrogen and oxygen atoms in total. The fourth-order valence-corrected chi connectivity index (χ4v) is 3.06. The average molecular weight is 406 g/mol. The number of rotatable bonds is 8. The number of aliphatic hydroxyl groups is 1. The topological polar surface area (TPSA) is 89.8 Å². The van der Waals surface area contributed by atoms with Gasteiger partial charge in [-0.3, -0.25) is 14.8 Å². The summed E-state index contributed by atoms with van der Waals surface area (Å²) in [6.45, 7) is 5.40. The zero-order valence-electron chi connectivity index (χ0n) is 17.2. The highest BCUT2D eigenvalue weighted by molar-refractivity contribution is 6.04. The van der Waals surface area contributed by atoms with Crippen LogP contribution in [-0.2, 0) is 0 Å². The van der Waals surface area contributed by atoms with E-state index in [-0.39, 0.29) is 18.6 Å². The van der Waals surface area contributed by atoms with Gasteiger partial charge in [0.2, 0.25) is 0 Å². The molecule has 0 bridgehead atoms. The van der Waals surface area contributed by atoms with E-state index < -0.39 is 0 Å². The van der Waals surface area contributed by atoms with Crippen molar-refractivity contribution in [3.63, 3.8) is 0 Å². The van der Waals surface area contributed by atoms with Gasteiger partial charge >= 0.3 is 0 Å². The molecule has 1 aliphatic rings. The molecule has 1 aromatic carbocycles. The molecule has 0 radical (unpaired) electrons. The number of aliphatic hydroxyl groups excluding tert-OH is 1. The Kier molecular flexibility index (Phi) is 7.34. The van der Waals surface area contributed by atoms with Gasteiger partial charge in [-0.25, -0.2) is 0 Å². The lowest BCUT2D eigenvalue weighted by Crippen LogP contribution is -2.21. The number of β-amino-alcohol motifs (C(OH)–C–C–N with tert-alkyl or cyclic N) is 1. The maximum absolute atomic E-state index is 12.4. The van der Waals surface area contributed by atoms with Crippen LogP contribution in [-0.4, -0.2) is 46.3 Å². The first-order valence-electron chi connectivity index (χ1n) is 9.89. The highest BCUT2D eigenvalue weighted by Crippen LogP contribution is 2.18. The molecule has 0 spiro atoms. The van der Waals surface area contributed by atoms with E-state index in [2.05, 4.69) is 20.6 Å². The largest absolute Gasteiger partial charge is 0.395 e. The quantitative estimate of drug-likeness (QED) is 0.628. The van der Waals surface area contributed by atoms with Gasteiger partial charge in [0.15, 0.2) is 0 Å². The molecule has 0 saturated carbocycles. The van der Waals surface area contributed by atoms with Gasteiger partial charge in [-0.1, -0.05) is 12.1 Å². The maximum atomic E-state index is 12.4. The first-order chi connectivity index (χ1) is 14.5. The zero-order chi connectivity index (χ0) is 21.3. The number of aliphatic imine (C=N–C) groups is 1. The van der Waals surface area contributed by atoms with E-state index in [0.29, 0.717) is 18.7 Å². The van der Waals surface area contributed by atoms with Gasteiger partial charge in [0.1, 0.15) is 0 Å². The number of aryl methyl sites for hydroxylation is 1. The molecule has 3 N–H and O–H groups in total. The number of carbonyl (C=O) groups excluding carboxylic acids is 1. The minimum absolute atomic E-state index is 0.0453. The van der Waals surface area contributed by atoms with E-state index in [1.54, 1.807) is 18.6 Å². The van der Waals surface area contributed by atoms with Crippen LogP contribution in [0.15, 0.2) is 72.4 Å². The first kappa shape index (κ1) is 21.3. The molecule has 2 heterocycles. The molecule has 2 aromatic rings. The lowest BCUT2D eigenvalue weighted by molar-refractivity contribution is 0.102. The SMILES string of the molecule is Cc1cncc(C(=O)Nc2cccc(C(C)NC=CN=C3C=CN(CCO)C3)c2)c1. The average Bonchev–Trinajstić information content (AvgIpc) is 3.19. The normalized spacial score (nSPS) is 15.7. The van der Waals surface area contributed by atoms with Crippen LogP contribution in [0.5, 0.6) is 0 Å². The Hall–Kier alpha value is -3.45. The van der Waals surface area contributed by atoms with Crippen molar-refractivity contribution in [1.29, 1.82) is 0 Å². The second-order valence-corrected chi connectivity index (χ2v) is 7.16. The second kappa shape index (κ2) is 10.4. The number of carbonyl (C=O) groups is 1. The van der Waals surface area contributed by atoms with Crippen molar-refractivity contribution in [2.24, 2.45) is 4.99 Å². The molecule has 1 aliphatic heterocycles. The fourth-order valence-electron chi connectivity index (χ4n) is 3.06. The number of amides is 1. The van der Waals surface area contributed by atoms with E-state index >= 15 is 0 Å². The summed E-state index contributed by atoms with van der Waals surface area (Å²) in [6, 6.07) is 9.60. The predicted molar refractivity (Wildman–Crippen MR) is 119 cm³/mol. The van der Waals surface area contributed by atoms with Crippen molar-refractivity contribution in [3.8, 4) is 0 Å². The van der Waals surface area contributed by atoms with Gasteiger partial charge in [0, 0.05) is 49.3 Å². The van der Waals surface area contributed by atoms with Crippen LogP contribution in [0.1, 0.15) is 34.5 Å². The summed E-state index contributed by atoms with van der Waals surface area (Å²) in [6.07, 6.45) is 10.7. The summed E-state index contributed by atoms with van der Waals surface area (Å²) in [5.41, 5.74) is 4.20. The molecule has 0 saturated heterocycles. The third-order valence-electron chi connectivity index (χ3n) is 4.67. The number of nitrogens with zero attached hydrogens (tertiary/aromatic N) is 3. The van der Waals surface area contributed by atoms with Gasteiger partial charge < -0.3 is 20.6 Å². The summed E-state index contributed by atoms with van der Waals surface area (Å²) in [4.78, 5) is 22.9. The minimum Gasteiger partial charge on any atom is -0.395 e. The Morgan fingerprint density at radius 3 is 3.03 bits per heavy atom. The predicted octanol–water partition coefficient (Wildman–Crippen LogP) is 3.03. The van der Waals surface area contributed by atoms with Crippen LogP contribution in [0.3, 0.4) is 0 Å². The Balaban J connectivity index is 1.55. The second-order valence-electron chi connectivity index (χ2n) is 7.16. The Labute approximate surface area is 176 Å². The van der Waals surface area contributed by atoms with Crippen molar-refractivity contribution >= 4 is 17.3 Å². The number of aromatic nitrogens is 1. The molecule has 7 heteroatoms. The molecule has 1 aromatic heterocycles. The van der Waals surface area contributed by atoms with E-state index in [4.69, 9.17) is 5.11 Å². The molecular weight excluding hydrogens is 378 g/mol. The molecule has 3 rings (SSSR count). The minimum atomic E-state index is -0.181. The Morgan fingerprint density at radius 1 is 1.37 bits per heavy atom. The fraction of sp³-hybridized carbons (Fsp3) is 0.261. The van der Waals surface area contributed by atoms with Gasteiger partial charge in [-0.05, 0) is 49.2 Å². The summed E-state index contributed by atoms with van der Waals surface area (Å²) < 4.78 is 0. The number of hydrogen-bond acceptors (Lipinski definition) is 6. The third-order valence-corrected chi connectivity index (χ3v) is 4.67. The Morgan fingerprint density at radius 2 is 2.23 bits per heavy atom. The van der Waals surface area contributed by atoms with E-state index in [1.807, 2.05) is 67.6 Å². The van der Waals surface area contributed by atoms with Crippen molar-refractivity contribution in [3.05, 3.63) is 84.1 Å². The van der Waals surface area contributed by atoms with Crippen LogP contribution in [0, 0.1) is 6.92 Å². The highest BCUT2D eigenvalue weighted by atomic mass is 16.3. The van der Waals surface area contributed by atoms with Crippen molar-refractivity contribution in [2.45, 2.75) is 19.9 Å². The molecule has 156 valence electrons. The molecule has 1 atom stereocenters. The molecule has 0 fully saturated rings. The number of pyridine rings is 1. The van der Waals surface area contributed by atoms with Crippen molar-refractivity contribution in [2.75, 3.05) is 25.0 Å². The van der Waals surface area contributed by atoms with E-state index in [9.17, 15) is 4.79 Å². The van der Waals surface area contributed by atoms with E-state index in [1.165, 1.54) is 0 Å². The molecular formula is C23H27N5O2. The van der Waals surface area contributed by atoms with Crippen molar-refractivity contribution < 1.29 is 9.90 Å². The van der Waals surface area contributed by atoms with Gasteiger partial charge in [-0.2, -0.15) is 0 Å².